The molecule has 0 unspecified atom stereocenters. The number of amides is 1. The average molecular weight is 231 g/mol. The standard InChI is InChI=1S/C13H13NO3/c15-13(14-5-7-16-8-6-14)11-9-17-12-4-2-1-3-10(11)12/h1-4,9H,5-8H2. The second kappa shape index (κ2) is 4.22. The molecule has 0 aliphatic carbocycles. The molecule has 1 fully saturated rings. The number of hydrogen-bond donors (Lipinski definition) is 0. The van der Waals surface area contributed by atoms with Gasteiger partial charge in [-0.25, -0.2) is 0 Å². The molecule has 17 heavy (non-hydrogen) atoms. The van der Waals surface area contributed by atoms with Crippen molar-refractivity contribution in [2.75, 3.05) is 26.3 Å². The summed E-state index contributed by atoms with van der Waals surface area (Å²) in [6, 6.07) is 7.58. The predicted octanol–water partition coefficient (Wildman–Crippen LogP) is 1.91. The van der Waals surface area contributed by atoms with E-state index in [-0.39, 0.29) is 5.91 Å². The summed E-state index contributed by atoms with van der Waals surface area (Å²) < 4.78 is 10.6. The zero-order valence-electron chi connectivity index (χ0n) is 9.39. The van der Waals surface area contributed by atoms with E-state index in [4.69, 9.17) is 9.15 Å². The molecule has 1 amide bonds. The van der Waals surface area contributed by atoms with E-state index in [1.807, 2.05) is 24.3 Å². The maximum Gasteiger partial charge on any atom is 0.257 e. The molecule has 4 heteroatoms. The summed E-state index contributed by atoms with van der Waals surface area (Å²) in [5.74, 6) is 0.0262. The Bertz CT molecular complexity index is 540. The summed E-state index contributed by atoms with van der Waals surface area (Å²) in [5, 5.41) is 0.879. The van der Waals surface area contributed by atoms with Crippen LogP contribution < -0.4 is 0 Å². The van der Waals surface area contributed by atoms with Crippen molar-refractivity contribution in [2.24, 2.45) is 0 Å². The molecule has 88 valence electrons. The average Bonchev–Trinajstić information content (AvgIpc) is 2.83. The van der Waals surface area contributed by atoms with Crippen molar-refractivity contribution in [3.05, 3.63) is 36.1 Å². The highest BCUT2D eigenvalue weighted by molar-refractivity contribution is 6.05. The van der Waals surface area contributed by atoms with Crippen LogP contribution in [0.4, 0.5) is 0 Å². The SMILES string of the molecule is O=C(c1coc2ccccc12)N1CCOCC1. The number of furan rings is 1. The number of para-hydroxylation sites is 1. The number of fused-ring (bicyclic) bond motifs is 1. The Morgan fingerprint density at radius 1 is 1.18 bits per heavy atom. The van der Waals surface area contributed by atoms with E-state index in [0.29, 0.717) is 31.9 Å². The van der Waals surface area contributed by atoms with Gasteiger partial charge >= 0.3 is 0 Å². The summed E-state index contributed by atoms with van der Waals surface area (Å²) in [6.07, 6.45) is 1.54. The Morgan fingerprint density at radius 3 is 2.76 bits per heavy atom. The molecule has 0 atom stereocenters. The number of carbonyl (C=O) groups excluding carboxylic acids is 1. The molecule has 0 spiro atoms. The Balaban J connectivity index is 1.95. The van der Waals surface area contributed by atoms with Crippen LogP contribution in [0.1, 0.15) is 10.4 Å². The van der Waals surface area contributed by atoms with E-state index in [9.17, 15) is 4.79 Å². The molecule has 2 aromatic rings. The van der Waals surface area contributed by atoms with Gasteiger partial charge in [0.2, 0.25) is 0 Å². The van der Waals surface area contributed by atoms with Crippen LogP contribution in [0.5, 0.6) is 0 Å². The van der Waals surface area contributed by atoms with Crippen molar-refractivity contribution in [1.29, 1.82) is 0 Å². The van der Waals surface area contributed by atoms with E-state index in [2.05, 4.69) is 0 Å². The normalized spacial score (nSPS) is 16.4. The molecule has 1 aromatic carbocycles. The number of nitrogens with zero attached hydrogens (tertiary/aromatic N) is 1. The van der Waals surface area contributed by atoms with Gasteiger partial charge in [-0.1, -0.05) is 18.2 Å². The number of carbonyl (C=O) groups is 1. The lowest BCUT2D eigenvalue weighted by Crippen LogP contribution is -2.40. The van der Waals surface area contributed by atoms with Crippen molar-refractivity contribution in [3.8, 4) is 0 Å². The van der Waals surface area contributed by atoms with Gasteiger partial charge in [0.25, 0.3) is 5.91 Å². The lowest BCUT2D eigenvalue weighted by atomic mass is 10.1. The second-order valence-electron chi connectivity index (χ2n) is 4.05. The highest BCUT2D eigenvalue weighted by Gasteiger charge is 2.21. The maximum absolute atomic E-state index is 12.3. The summed E-state index contributed by atoms with van der Waals surface area (Å²) in [7, 11) is 0. The van der Waals surface area contributed by atoms with Crippen LogP contribution in [0.3, 0.4) is 0 Å². The first-order valence-electron chi connectivity index (χ1n) is 5.69. The van der Waals surface area contributed by atoms with Crippen molar-refractivity contribution >= 4 is 16.9 Å². The summed E-state index contributed by atoms with van der Waals surface area (Å²) >= 11 is 0. The lowest BCUT2D eigenvalue weighted by Gasteiger charge is -2.26. The largest absolute Gasteiger partial charge is 0.463 e. The molecule has 3 rings (SSSR count). The molecule has 1 aliphatic heterocycles. The first kappa shape index (κ1) is 10.4. The minimum absolute atomic E-state index is 0.0262. The molecule has 0 bridgehead atoms. The van der Waals surface area contributed by atoms with Crippen LogP contribution in [0.15, 0.2) is 34.9 Å². The molecule has 0 N–H and O–H groups in total. The third-order valence-corrected chi connectivity index (χ3v) is 3.01. The first-order valence-corrected chi connectivity index (χ1v) is 5.69. The van der Waals surface area contributed by atoms with Gasteiger partial charge in [0.15, 0.2) is 0 Å². The predicted molar refractivity (Wildman–Crippen MR) is 62.9 cm³/mol. The van der Waals surface area contributed by atoms with Gasteiger partial charge in [-0.05, 0) is 6.07 Å². The highest BCUT2D eigenvalue weighted by atomic mass is 16.5. The number of benzene rings is 1. The van der Waals surface area contributed by atoms with Gasteiger partial charge in [0, 0.05) is 18.5 Å². The molecule has 2 heterocycles. The first-order chi connectivity index (χ1) is 8.36. The van der Waals surface area contributed by atoms with Crippen LogP contribution in [0.25, 0.3) is 11.0 Å². The van der Waals surface area contributed by atoms with Crippen LogP contribution in [-0.2, 0) is 4.74 Å². The number of morpholine rings is 1. The number of hydrogen-bond acceptors (Lipinski definition) is 3. The van der Waals surface area contributed by atoms with Crippen molar-refractivity contribution in [2.45, 2.75) is 0 Å². The smallest absolute Gasteiger partial charge is 0.257 e. The Labute approximate surface area is 98.8 Å². The quantitative estimate of drug-likeness (QED) is 0.752. The molecular weight excluding hydrogens is 218 g/mol. The van der Waals surface area contributed by atoms with Crippen molar-refractivity contribution < 1.29 is 13.9 Å². The van der Waals surface area contributed by atoms with E-state index in [1.165, 1.54) is 0 Å². The topological polar surface area (TPSA) is 42.7 Å². The van der Waals surface area contributed by atoms with E-state index >= 15 is 0 Å². The van der Waals surface area contributed by atoms with Crippen LogP contribution in [-0.4, -0.2) is 37.1 Å². The minimum Gasteiger partial charge on any atom is -0.463 e. The van der Waals surface area contributed by atoms with Gasteiger partial charge in [-0.3, -0.25) is 4.79 Å². The van der Waals surface area contributed by atoms with Crippen molar-refractivity contribution in [1.82, 2.24) is 4.90 Å². The number of ether oxygens (including phenoxy) is 1. The van der Waals surface area contributed by atoms with E-state index in [1.54, 1.807) is 11.2 Å². The van der Waals surface area contributed by atoms with Crippen LogP contribution in [0.2, 0.25) is 0 Å². The van der Waals surface area contributed by atoms with Gasteiger partial charge in [-0.2, -0.15) is 0 Å². The fraction of sp³-hybridized carbons (Fsp3) is 0.308. The van der Waals surface area contributed by atoms with Gasteiger partial charge < -0.3 is 14.1 Å². The zero-order chi connectivity index (χ0) is 11.7. The lowest BCUT2D eigenvalue weighted by molar-refractivity contribution is 0.0303. The van der Waals surface area contributed by atoms with Crippen LogP contribution >= 0.6 is 0 Å². The molecule has 0 saturated carbocycles. The van der Waals surface area contributed by atoms with Gasteiger partial charge in [0.05, 0.1) is 18.8 Å². The molecule has 1 aliphatic rings. The van der Waals surface area contributed by atoms with Crippen LogP contribution in [0, 0.1) is 0 Å². The summed E-state index contributed by atoms with van der Waals surface area (Å²) in [5.41, 5.74) is 1.40. The fourth-order valence-corrected chi connectivity index (χ4v) is 2.08. The summed E-state index contributed by atoms with van der Waals surface area (Å²) in [4.78, 5) is 14.1. The fourth-order valence-electron chi connectivity index (χ4n) is 2.08. The summed E-state index contributed by atoms with van der Waals surface area (Å²) in [6.45, 7) is 2.53. The monoisotopic (exact) mass is 231 g/mol. The minimum atomic E-state index is 0.0262. The molecule has 0 radical (unpaired) electrons. The molecule has 1 saturated heterocycles. The molecule has 1 aromatic heterocycles. The Hall–Kier alpha value is -1.81. The van der Waals surface area contributed by atoms with Gasteiger partial charge in [-0.15, -0.1) is 0 Å². The van der Waals surface area contributed by atoms with E-state index < -0.39 is 0 Å². The second-order valence-corrected chi connectivity index (χ2v) is 4.05. The Morgan fingerprint density at radius 2 is 1.94 bits per heavy atom. The molecular formula is C13H13NO3. The third kappa shape index (κ3) is 1.80. The maximum atomic E-state index is 12.3. The third-order valence-electron chi connectivity index (χ3n) is 3.01. The molecule has 4 nitrogen and oxygen atoms in total. The van der Waals surface area contributed by atoms with Gasteiger partial charge in [0.1, 0.15) is 11.8 Å². The van der Waals surface area contributed by atoms with Crippen molar-refractivity contribution in [3.63, 3.8) is 0 Å². The Kier molecular flexibility index (Phi) is 2.57. The zero-order valence-corrected chi connectivity index (χ0v) is 9.39. The number of rotatable bonds is 1. The van der Waals surface area contributed by atoms with E-state index in [0.717, 1.165) is 11.0 Å². The highest BCUT2D eigenvalue weighted by Crippen LogP contribution is 2.22.